The Hall–Kier alpha value is -3.04. The first-order valence-electron chi connectivity index (χ1n) is 10.9. The highest BCUT2D eigenvalue weighted by Crippen LogP contribution is 2.21. The fourth-order valence-corrected chi connectivity index (χ4v) is 4.04. The molecular weight excluding hydrogens is 474 g/mol. The summed E-state index contributed by atoms with van der Waals surface area (Å²) in [5.41, 5.74) is 2.81. The van der Waals surface area contributed by atoms with Gasteiger partial charge < -0.3 is 19.9 Å². The average molecular weight is 502 g/mol. The van der Waals surface area contributed by atoms with Crippen LogP contribution in [0, 0.1) is 6.92 Å². The molecule has 0 aliphatic carbocycles. The fraction of sp³-hybridized carbons (Fsp3) is 0.333. The molecule has 0 unspecified atom stereocenters. The Bertz CT molecular complexity index is 1150. The van der Waals surface area contributed by atoms with Crippen molar-refractivity contribution in [3.8, 4) is 5.75 Å². The summed E-state index contributed by atoms with van der Waals surface area (Å²) < 4.78 is 7.47. The number of nitrogens with one attached hydrogen (secondary N) is 2. The lowest BCUT2D eigenvalue weighted by Crippen LogP contribution is -2.36. The van der Waals surface area contributed by atoms with Gasteiger partial charge in [-0.25, -0.2) is 0 Å². The molecule has 3 aromatic rings. The van der Waals surface area contributed by atoms with Crippen LogP contribution in [0.25, 0.3) is 0 Å². The van der Waals surface area contributed by atoms with Crippen molar-refractivity contribution >= 4 is 40.9 Å². The van der Waals surface area contributed by atoms with Gasteiger partial charge in [0.25, 0.3) is 5.91 Å². The van der Waals surface area contributed by atoms with Crippen molar-refractivity contribution < 1.29 is 14.3 Å². The Kier molecular flexibility index (Phi) is 8.95. The predicted molar refractivity (Wildman–Crippen MR) is 134 cm³/mol. The van der Waals surface area contributed by atoms with Gasteiger partial charge in [0.05, 0.1) is 12.3 Å². The van der Waals surface area contributed by atoms with Crippen molar-refractivity contribution in [1.29, 1.82) is 0 Å². The maximum Gasteiger partial charge on any atom is 0.261 e. The molecule has 3 rings (SSSR count). The molecule has 1 heterocycles. The van der Waals surface area contributed by atoms with Crippen LogP contribution in [0.4, 0.5) is 5.69 Å². The molecule has 0 saturated carbocycles. The van der Waals surface area contributed by atoms with Gasteiger partial charge in [-0.3, -0.25) is 9.59 Å². The van der Waals surface area contributed by atoms with Crippen molar-refractivity contribution in [3.63, 3.8) is 0 Å². The monoisotopic (exact) mass is 501 g/mol. The summed E-state index contributed by atoms with van der Waals surface area (Å²) in [6, 6.07) is 13.0. The lowest BCUT2D eigenvalue weighted by Gasteiger charge is -2.15. The number of hydrogen-bond donors (Lipinski definition) is 2. The van der Waals surface area contributed by atoms with Gasteiger partial charge in [-0.1, -0.05) is 42.4 Å². The number of hydrogen-bond acceptors (Lipinski definition) is 6. The van der Waals surface area contributed by atoms with Crippen LogP contribution in [0.2, 0.25) is 5.02 Å². The lowest BCUT2D eigenvalue weighted by atomic mass is 10.2. The highest BCUT2D eigenvalue weighted by Gasteiger charge is 2.17. The molecule has 0 aliphatic heterocycles. The molecule has 2 aromatic carbocycles. The number of thioether (sulfide) groups is 1. The second-order valence-electron chi connectivity index (χ2n) is 7.73. The van der Waals surface area contributed by atoms with Gasteiger partial charge in [0, 0.05) is 17.8 Å². The number of carbonyl (C=O) groups excluding carboxylic acids is 2. The van der Waals surface area contributed by atoms with Crippen molar-refractivity contribution in [2.45, 2.75) is 45.0 Å². The van der Waals surface area contributed by atoms with Gasteiger partial charge >= 0.3 is 0 Å². The van der Waals surface area contributed by atoms with Crippen LogP contribution >= 0.6 is 23.4 Å². The van der Waals surface area contributed by atoms with Crippen molar-refractivity contribution in [2.24, 2.45) is 7.05 Å². The van der Waals surface area contributed by atoms with Crippen LogP contribution in [-0.2, 0) is 29.6 Å². The maximum absolute atomic E-state index is 12.4. The van der Waals surface area contributed by atoms with Crippen molar-refractivity contribution in [2.75, 3.05) is 11.1 Å². The van der Waals surface area contributed by atoms with Gasteiger partial charge in [-0.15, -0.1) is 10.2 Å². The van der Waals surface area contributed by atoms with Gasteiger partial charge in [-0.05, 0) is 61.7 Å². The molecule has 8 nitrogen and oxygen atoms in total. The number of anilines is 1. The minimum Gasteiger partial charge on any atom is -0.481 e. The number of benzene rings is 2. The highest BCUT2D eigenvalue weighted by molar-refractivity contribution is 7.99. The first kappa shape index (κ1) is 25.6. The normalized spacial score (nSPS) is 11.7. The molecule has 0 spiro atoms. The Morgan fingerprint density at radius 2 is 1.91 bits per heavy atom. The number of aryl methyl sites for hydroxylation is 2. The third-order valence-corrected chi connectivity index (χ3v) is 6.41. The SMILES string of the molecule is CCc1ccc(O[C@@H](C)C(=O)NCc2nnc(SCC(=O)Nc3ccc(Cl)cc3C)n2C)cc1. The van der Waals surface area contributed by atoms with Crippen LogP contribution in [0.15, 0.2) is 47.6 Å². The molecule has 180 valence electrons. The summed E-state index contributed by atoms with van der Waals surface area (Å²) in [5.74, 6) is 0.969. The van der Waals surface area contributed by atoms with Crippen LogP contribution in [0.1, 0.15) is 30.8 Å². The summed E-state index contributed by atoms with van der Waals surface area (Å²) in [4.78, 5) is 24.8. The summed E-state index contributed by atoms with van der Waals surface area (Å²) in [5, 5.41) is 15.1. The Balaban J connectivity index is 1.47. The molecule has 0 aliphatic rings. The molecule has 0 bridgehead atoms. The largest absolute Gasteiger partial charge is 0.481 e. The zero-order chi connectivity index (χ0) is 24.7. The molecule has 2 N–H and O–H groups in total. The van der Waals surface area contributed by atoms with Gasteiger partial charge in [0.2, 0.25) is 5.91 Å². The van der Waals surface area contributed by atoms with Crippen molar-refractivity contribution in [3.05, 3.63) is 64.4 Å². The summed E-state index contributed by atoms with van der Waals surface area (Å²) >= 11 is 7.22. The molecule has 34 heavy (non-hydrogen) atoms. The predicted octanol–water partition coefficient (Wildman–Crippen LogP) is 4.15. The average Bonchev–Trinajstić information content (AvgIpc) is 3.17. The van der Waals surface area contributed by atoms with Crippen LogP contribution in [-0.4, -0.2) is 38.4 Å². The van der Waals surface area contributed by atoms with E-state index < -0.39 is 6.10 Å². The topological polar surface area (TPSA) is 98.1 Å². The Morgan fingerprint density at radius 1 is 1.18 bits per heavy atom. The van der Waals surface area contributed by atoms with E-state index in [4.69, 9.17) is 16.3 Å². The number of halogens is 1. The molecule has 0 radical (unpaired) electrons. The third-order valence-electron chi connectivity index (χ3n) is 5.15. The van der Waals surface area contributed by atoms with Crippen molar-refractivity contribution in [1.82, 2.24) is 20.1 Å². The standard InChI is InChI=1S/C24H28ClN5O3S/c1-5-17-6-9-19(10-7-17)33-16(3)23(32)26-13-21-28-29-24(30(21)4)34-14-22(31)27-20-11-8-18(25)12-15(20)2/h6-12,16H,5,13-14H2,1-4H3,(H,26,32)(H,27,31)/t16-/m0/s1. The van der Waals surface area contributed by atoms with Gasteiger partial charge in [0.15, 0.2) is 17.1 Å². The van der Waals surface area contributed by atoms with Crippen LogP contribution in [0.5, 0.6) is 5.75 Å². The lowest BCUT2D eigenvalue weighted by molar-refractivity contribution is -0.127. The van der Waals surface area contributed by atoms with E-state index in [0.29, 0.717) is 27.4 Å². The van der Waals surface area contributed by atoms with E-state index >= 15 is 0 Å². The summed E-state index contributed by atoms with van der Waals surface area (Å²) in [6.45, 7) is 5.86. The number of aromatic nitrogens is 3. The first-order chi connectivity index (χ1) is 16.3. The smallest absolute Gasteiger partial charge is 0.261 e. The molecule has 0 fully saturated rings. The van der Waals surface area contributed by atoms with E-state index in [0.717, 1.165) is 12.0 Å². The second kappa shape index (κ2) is 11.9. The van der Waals surface area contributed by atoms with E-state index in [1.165, 1.54) is 17.3 Å². The summed E-state index contributed by atoms with van der Waals surface area (Å²) in [7, 11) is 1.79. The minimum atomic E-state index is -0.658. The van der Waals surface area contributed by atoms with E-state index in [2.05, 4.69) is 27.8 Å². The van der Waals surface area contributed by atoms with Crippen LogP contribution < -0.4 is 15.4 Å². The maximum atomic E-state index is 12.4. The van der Waals surface area contributed by atoms with Gasteiger partial charge in [-0.2, -0.15) is 0 Å². The Labute approximate surface area is 208 Å². The minimum absolute atomic E-state index is 0.161. The number of nitrogens with zero attached hydrogens (tertiary/aromatic N) is 3. The zero-order valence-electron chi connectivity index (χ0n) is 19.6. The summed E-state index contributed by atoms with van der Waals surface area (Å²) in [6.07, 6.45) is 0.288. The van der Waals surface area contributed by atoms with Crippen LogP contribution in [0.3, 0.4) is 0 Å². The zero-order valence-corrected chi connectivity index (χ0v) is 21.2. The van der Waals surface area contributed by atoms with E-state index in [9.17, 15) is 9.59 Å². The van der Waals surface area contributed by atoms with Gasteiger partial charge in [0.1, 0.15) is 5.75 Å². The Morgan fingerprint density at radius 3 is 2.59 bits per heavy atom. The third kappa shape index (κ3) is 6.98. The molecule has 1 atom stereocenters. The number of ether oxygens (including phenoxy) is 1. The first-order valence-corrected chi connectivity index (χ1v) is 12.2. The molecule has 0 saturated heterocycles. The highest BCUT2D eigenvalue weighted by atomic mass is 35.5. The number of rotatable bonds is 10. The molecular formula is C24H28ClN5O3S. The molecule has 2 amide bonds. The number of amides is 2. The number of carbonyl (C=O) groups is 2. The quantitative estimate of drug-likeness (QED) is 0.405. The second-order valence-corrected chi connectivity index (χ2v) is 9.11. The van der Waals surface area contributed by atoms with E-state index in [1.54, 1.807) is 36.7 Å². The van der Waals surface area contributed by atoms with E-state index in [-0.39, 0.29) is 24.1 Å². The van der Waals surface area contributed by atoms with E-state index in [1.807, 2.05) is 31.2 Å². The molecule has 10 heteroatoms. The fourth-order valence-electron chi connectivity index (χ4n) is 3.08. The molecule has 1 aromatic heterocycles.